The second-order valence-corrected chi connectivity index (χ2v) is 5.43. The van der Waals surface area contributed by atoms with Gasteiger partial charge in [0.2, 0.25) is 0 Å². The lowest BCUT2D eigenvalue weighted by Gasteiger charge is -2.11. The van der Waals surface area contributed by atoms with Crippen LogP contribution in [0, 0.1) is 10.1 Å². The molecule has 2 aromatic carbocycles. The minimum atomic E-state index is -4.93. The number of halogens is 6. The van der Waals surface area contributed by atoms with Gasteiger partial charge in [-0.15, -0.1) is 13.2 Å². The van der Waals surface area contributed by atoms with Gasteiger partial charge >= 0.3 is 6.36 Å². The summed E-state index contributed by atoms with van der Waals surface area (Å²) in [5.41, 5.74) is -0.449. The van der Waals surface area contributed by atoms with Crippen molar-refractivity contribution in [3.8, 4) is 16.9 Å². The van der Waals surface area contributed by atoms with E-state index in [0.29, 0.717) is 0 Å². The van der Waals surface area contributed by atoms with Crippen molar-refractivity contribution in [2.45, 2.75) is 6.36 Å². The van der Waals surface area contributed by atoms with Crippen molar-refractivity contribution in [2.75, 3.05) is 0 Å². The highest BCUT2D eigenvalue weighted by atomic mass is 35.5. The van der Waals surface area contributed by atoms with Crippen LogP contribution in [0.4, 0.5) is 18.9 Å². The van der Waals surface area contributed by atoms with Crippen molar-refractivity contribution in [1.29, 1.82) is 0 Å². The van der Waals surface area contributed by atoms with Crippen LogP contribution >= 0.6 is 34.8 Å². The number of ether oxygens (including phenoxy) is 1. The molecule has 0 fully saturated rings. The van der Waals surface area contributed by atoms with E-state index in [0.717, 1.165) is 18.2 Å². The molecule has 0 spiro atoms. The van der Waals surface area contributed by atoms with Crippen LogP contribution in [0.15, 0.2) is 30.3 Å². The van der Waals surface area contributed by atoms with E-state index in [9.17, 15) is 23.3 Å². The van der Waals surface area contributed by atoms with Gasteiger partial charge in [-0.1, -0.05) is 34.8 Å². The van der Waals surface area contributed by atoms with E-state index in [1.807, 2.05) is 0 Å². The van der Waals surface area contributed by atoms with Gasteiger partial charge in [0.15, 0.2) is 0 Å². The van der Waals surface area contributed by atoms with Crippen LogP contribution in [-0.4, -0.2) is 11.3 Å². The van der Waals surface area contributed by atoms with E-state index in [4.69, 9.17) is 34.8 Å². The summed E-state index contributed by atoms with van der Waals surface area (Å²) in [5, 5.41) is 11.1. The number of alkyl halides is 3. The Balaban J connectivity index is 2.63. The van der Waals surface area contributed by atoms with Crippen LogP contribution in [0.1, 0.15) is 0 Å². The molecule has 0 saturated heterocycles. The Hall–Kier alpha value is -1.70. The SMILES string of the molecule is O=[N+]([O-])c1ccc(OC(F)(F)F)cc1-c1cc(Cl)c(Cl)c(Cl)c1. The average Bonchev–Trinajstić information content (AvgIpc) is 2.42. The maximum atomic E-state index is 12.3. The van der Waals surface area contributed by atoms with Gasteiger partial charge < -0.3 is 4.74 Å². The van der Waals surface area contributed by atoms with Gasteiger partial charge in [-0.25, -0.2) is 0 Å². The Labute approximate surface area is 142 Å². The third kappa shape index (κ3) is 4.19. The van der Waals surface area contributed by atoms with Gasteiger partial charge in [0, 0.05) is 6.07 Å². The molecule has 0 amide bonds. The normalized spacial score (nSPS) is 11.4. The van der Waals surface area contributed by atoms with Gasteiger partial charge in [0.25, 0.3) is 5.69 Å². The summed E-state index contributed by atoms with van der Waals surface area (Å²) in [5.74, 6) is -0.611. The van der Waals surface area contributed by atoms with Crippen molar-refractivity contribution >= 4 is 40.5 Å². The number of hydrogen-bond donors (Lipinski definition) is 0. The van der Waals surface area contributed by atoms with Crippen LogP contribution in [0.2, 0.25) is 15.1 Å². The summed E-state index contributed by atoms with van der Waals surface area (Å²) in [6.45, 7) is 0. The van der Waals surface area contributed by atoms with Gasteiger partial charge in [-0.2, -0.15) is 0 Å². The molecule has 10 heteroatoms. The highest BCUT2D eigenvalue weighted by Crippen LogP contribution is 2.40. The summed E-state index contributed by atoms with van der Waals surface area (Å²) < 4.78 is 40.7. The van der Waals surface area contributed by atoms with E-state index >= 15 is 0 Å². The summed E-state index contributed by atoms with van der Waals surface area (Å²) in [4.78, 5) is 10.3. The quantitative estimate of drug-likeness (QED) is 0.363. The lowest BCUT2D eigenvalue weighted by atomic mass is 10.0. The van der Waals surface area contributed by atoms with E-state index in [1.54, 1.807) is 0 Å². The topological polar surface area (TPSA) is 52.4 Å². The smallest absolute Gasteiger partial charge is 0.406 e. The fourth-order valence-electron chi connectivity index (χ4n) is 1.81. The number of rotatable bonds is 3. The lowest BCUT2D eigenvalue weighted by molar-refractivity contribution is -0.384. The molecule has 0 bridgehead atoms. The number of benzene rings is 2. The van der Waals surface area contributed by atoms with E-state index in [2.05, 4.69) is 4.74 Å². The van der Waals surface area contributed by atoms with Crippen molar-refractivity contribution < 1.29 is 22.8 Å². The zero-order valence-corrected chi connectivity index (χ0v) is 13.1. The number of nitrogens with zero attached hydrogens (tertiary/aromatic N) is 1. The Morgan fingerprint density at radius 3 is 2.09 bits per heavy atom. The van der Waals surface area contributed by atoms with Crippen molar-refractivity contribution in [3.05, 3.63) is 55.5 Å². The number of hydrogen-bond acceptors (Lipinski definition) is 3. The van der Waals surface area contributed by atoms with Crippen LogP contribution in [0.25, 0.3) is 11.1 Å². The summed E-state index contributed by atoms with van der Waals surface area (Å²) in [6.07, 6.45) is -4.93. The van der Waals surface area contributed by atoms with Gasteiger partial charge in [-0.05, 0) is 29.8 Å². The first-order chi connectivity index (χ1) is 10.6. The molecular formula is C13H5Cl3F3NO3. The Morgan fingerprint density at radius 2 is 1.61 bits per heavy atom. The molecule has 23 heavy (non-hydrogen) atoms. The standard InChI is InChI=1S/C13H5Cl3F3NO3/c14-9-3-6(4-10(15)12(9)16)8-5-7(23-13(17,18)19)1-2-11(8)20(21)22/h1-5H. The van der Waals surface area contributed by atoms with Gasteiger partial charge in [0.05, 0.1) is 25.6 Å². The summed E-state index contributed by atoms with van der Waals surface area (Å²) >= 11 is 17.5. The minimum Gasteiger partial charge on any atom is -0.406 e. The first kappa shape index (κ1) is 17.7. The largest absolute Gasteiger partial charge is 0.573 e. The molecule has 0 aliphatic heterocycles. The zero-order chi connectivity index (χ0) is 17.4. The summed E-state index contributed by atoms with van der Waals surface area (Å²) in [7, 11) is 0. The summed E-state index contributed by atoms with van der Waals surface area (Å²) in [6, 6.07) is 5.13. The van der Waals surface area contributed by atoms with E-state index in [1.165, 1.54) is 12.1 Å². The zero-order valence-electron chi connectivity index (χ0n) is 10.8. The molecular weight excluding hydrogens is 382 g/mol. The average molecular weight is 387 g/mol. The molecule has 4 nitrogen and oxygen atoms in total. The maximum absolute atomic E-state index is 12.3. The lowest BCUT2D eigenvalue weighted by Crippen LogP contribution is -2.17. The third-order valence-corrected chi connectivity index (χ3v) is 3.89. The number of nitro benzene ring substituents is 1. The molecule has 0 N–H and O–H groups in total. The van der Waals surface area contributed by atoms with E-state index in [-0.39, 0.29) is 26.2 Å². The maximum Gasteiger partial charge on any atom is 0.573 e. The molecule has 0 unspecified atom stereocenters. The van der Waals surface area contributed by atoms with Gasteiger partial charge in [0.1, 0.15) is 5.75 Å². The van der Waals surface area contributed by atoms with Crippen molar-refractivity contribution in [2.24, 2.45) is 0 Å². The second kappa shape index (κ2) is 6.43. The van der Waals surface area contributed by atoms with Gasteiger partial charge in [-0.3, -0.25) is 10.1 Å². The molecule has 0 aromatic heterocycles. The van der Waals surface area contributed by atoms with E-state index < -0.39 is 22.7 Å². The monoisotopic (exact) mass is 385 g/mol. The minimum absolute atomic E-state index is 0.00519. The highest BCUT2D eigenvalue weighted by Gasteiger charge is 2.32. The van der Waals surface area contributed by atoms with Crippen LogP contribution in [0.5, 0.6) is 5.75 Å². The van der Waals surface area contributed by atoms with Crippen LogP contribution in [-0.2, 0) is 0 Å². The predicted molar refractivity (Wildman–Crippen MR) is 80.2 cm³/mol. The highest BCUT2D eigenvalue weighted by molar-refractivity contribution is 6.48. The molecule has 0 saturated carbocycles. The molecule has 0 atom stereocenters. The fraction of sp³-hybridized carbons (Fsp3) is 0.0769. The van der Waals surface area contributed by atoms with Crippen LogP contribution < -0.4 is 4.74 Å². The Kier molecular flexibility index (Phi) is 4.93. The fourth-order valence-corrected chi connectivity index (χ4v) is 2.41. The predicted octanol–water partition coefficient (Wildman–Crippen LogP) is 6.12. The molecule has 0 aliphatic carbocycles. The Bertz CT molecular complexity index is 758. The van der Waals surface area contributed by atoms with Crippen molar-refractivity contribution in [1.82, 2.24) is 0 Å². The molecule has 0 radical (unpaired) electrons. The molecule has 0 aliphatic rings. The molecule has 2 rings (SSSR count). The molecule has 2 aromatic rings. The second-order valence-electron chi connectivity index (χ2n) is 4.24. The molecule has 0 heterocycles. The first-order valence-corrected chi connectivity index (χ1v) is 6.91. The van der Waals surface area contributed by atoms with Crippen molar-refractivity contribution in [3.63, 3.8) is 0 Å². The third-order valence-electron chi connectivity index (χ3n) is 2.69. The number of nitro groups is 1. The van der Waals surface area contributed by atoms with Crippen LogP contribution in [0.3, 0.4) is 0 Å². The molecule has 122 valence electrons. The first-order valence-electron chi connectivity index (χ1n) is 5.77. The Morgan fingerprint density at radius 1 is 1.04 bits per heavy atom.